The van der Waals surface area contributed by atoms with Gasteiger partial charge < -0.3 is 9.88 Å². The Balaban J connectivity index is 1.58. The van der Waals surface area contributed by atoms with Gasteiger partial charge in [-0.2, -0.15) is 0 Å². The summed E-state index contributed by atoms with van der Waals surface area (Å²) in [5.74, 6) is 0.692. The minimum absolute atomic E-state index is 0.122. The highest BCUT2D eigenvalue weighted by atomic mass is 35.5. The van der Waals surface area contributed by atoms with Gasteiger partial charge in [-0.1, -0.05) is 84.4 Å². The van der Waals surface area contributed by atoms with Gasteiger partial charge in [0.15, 0.2) is 0 Å². The van der Waals surface area contributed by atoms with Crippen molar-refractivity contribution in [1.82, 2.24) is 14.9 Å². The number of benzene rings is 4. The molecule has 1 unspecified atom stereocenters. The number of para-hydroxylation sites is 2. The first-order chi connectivity index (χ1) is 16.7. The first-order valence-corrected chi connectivity index (χ1v) is 11.6. The molecule has 5 heteroatoms. The van der Waals surface area contributed by atoms with Crippen LogP contribution >= 0.6 is 11.6 Å². The SMILES string of the molecule is O=C(NC(Cc1ccccc1)c1nc2ccccc2n1Cc1cccc(Cl)c1)c1ccccc1. The lowest BCUT2D eigenvalue weighted by atomic mass is 10.0. The Bertz CT molecular complexity index is 1410. The van der Waals surface area contributed by atoms with Gasteiger partial charge in [0.25, 0.3) is 5.91 Å². The lowest BCUT2D eigenvalue weighted by Gasteiger charge is -2.21. The summed E-state index contributed by atoms with van der Waals surface area (Å²) < 4.78 is 2.18. The molecule has 5 aromatic rings. The summed E-state index contributed by atoms with van der Waals surface area (Å²) in [6, 6.07) is 35.1. The third-order valence-corrected chi connectivity index (χ3v) is 6.08. The Kier molecular flexibility index (Phi) is 6.41. The number of carbonyl (C=O) groups excluding carboxylic acids is 1. The lowest BCUT2D eigenvalue weighted by Crippen LogP contribution is -2.32. The fourth-order valence-corrected chi connectivity index (χ4v) is 4.44. The van der Waals surface area contributed by atoms with Crippen molar-refractivity contribution in [2.45, 2.75) is 19.0 Å². The molecule has 4 nitrogen and oxygen atoms in total. The molecule has 4 aromatic carbocycles. The number of halogens is 1. The highest BCUT2D eigenvalue weighted by molar-refractivity contribution is 6.30. The monoisotopic (exact) mass is 465 g/mol. The van der Waals surface area contributed by atoms with E-state index in [0.717, 1.165) is 28.0 Å². The predicted octanol–water partition coefficient (Wildman–Crippen LogP) is 6.45. The van der Waals surface area contributed by atoms with Crippen LogP contribution in [0.1, 0.15) is 33.4 Å². The molecule has 34 heavy (non-hydrogen) atoms. The van der Waals surface area contributed by atoms with E-state index >= 15 is 0 Å². The van der Waals surface area contributed by atoms with Crippen molar-refractivity contribution in [3.05, 3.63) is 137 Å². The van der Waals surface area contributed by atoms with Crippen LogP contribution in [-0.2, 0) is 13.0 Å². The fraction of sp³-hybridized carbons (Fsp3) is 0.103. The number of nitrogens with one attached hydrogen (secondary N) is 1. The van der Waals surface area contributed by atoms with Crippen LogP contribution in [-0.4, -0.2) is 15.5 Å². The maximum atomic E-state index is 13.2. The molecule has 0 aliphatic heterocycles. The number of nitrogens with zero attached hydrogens (tertiary/aromatic N) is 2. The number of fused-ring (bicyclic) bond motifs is 1. The van der Waals surface area contributed by atoms with E-state index in [1.54, 1.807) is 0 Å². The van der Waals surface area contributed by atoms with E-state index < -0.39 is 0 Å². The minimum atomic E-state index is -0.318. The molecule has 1 N–H and O–H groups in total. The molecule has 0 fully saturated rings. The summed E-state index contributed by atoms with van der Waals surface area (Å²) in [6.45, 7) is 0.600. The van der Waals surface area contributed by atoms with Crippen LogP contribution in [0.4, 0.5) is 0 Å². The Morgan fingerprint density at radius 1 is 0.824 bits per heavy atom. The topological polar surface area (TPSA) is 46.9 Å². The van der Waals surface area contributed by atoms with Crippen LogP contribution in [0.25, 0.3) is 11.0 Å². The predicted molar refractivity (Wildman–Crippen MR) is 137 cm³/mol. The van der Waals surface area contributed by atoms with Gasteiger partial charge in [-0.25, -0.2) is 4.98 Å². The van der Waals surface area contributed by atoms with E-state index in [-0.39, 0.29) is 11.9 Å². The second-order valence-corrected chi connectivity index (χ2v) is 8.69. The minimum Gasteiger partial charge on any atom is -0.342 e. The second-order valence-electron chi connectivity index (χ2n) is 8.26. The van der Waals surface area contributed by atoms with Gasteiger partial charge in [-0.15, -0.1) is 0 Å². The highest BCUT2D eigenvalue weighted by Gasteiger charge is 2.23. The van der Waals surface area contributed by atoms with Gasteiger partial charge in [-0.05, 0) is 53.9 Å². The number of amides is 1. The van der Waals surface area contributed by atoms with E-state index in [9.17, 15) is 4.79 Å². The molecule has 0 bridgehead atoms. The lowest BCUT2D eigenvalue weighted by molar-refractivity contribution is 0.0934. The molecule has 1 aromatic heterocycles. The molecule has 0 spiro atoms. The average Bonchev–Trinajstić information content (AvgIpc) is 3.23. The van der Waals surface area contributed by atoms with Crippen LogP contribution in [0.3, 0.4) is 0 Å². The Hall–Kier alpha value is -3.89. The van der Waals surface area contributed by atoms with E-state index in [4.69, 9.17) is 16.6 Å². The molecular formula is C29H24ClN3O. The molecule has 5 rings (SSSR count). The van der Waals surface area contributed by atoms with Gasteiger partial charge in [-0.3, -0.25) is 4.79 Å². The van der Waals surface area contributed by atoms with Gasteiger partial charge >= 0.3 is 0 Å². The van der Waals surface area contributed by atoms with Gasteiger partial charge in [0.1, 0.15) is 5.82 Å². The molecule has 0 saturated heterocycles. The third-order valence-electron chi connectivity index (χ3n) is 5.85. The van der Waals surface area contributed by atoms with E-state index in [1.165, 1.54) is 0 Å². The van der Waals surface area contributed by atoms with Gasteiger partial charge in [0.2, 0.25) is 0 Å². The summed E-state index contributed by atoms with van der Waals surface area (Å²) in [5.41, 5.74) is 4.74. The van der Waals surface area contributed by atoms with Crippen molar-refractivity contribution >= 4 is 28.5 Å². The van der Waals surface area contributed by atoms with Crippen molar-refractivity contribution in [1.29, 1.82) is 0 Å². The molecule has 0 saturated carbocycles. The fourth-order valence-electron chi connectivity index (χ4n) is 4.23. The number of aromatic nitrogens is 2. The van der Waals surface area contributed by atoms with E-state index in [0.29, 0.717) is 23.6 Å². The normalized spacial score (nSPS) is 11.9. The van der Waals surface area contributed by atoms with Gasteiger partial charge in [0, 0.05) is 17.1 Å². The standard InChI is InChI=1S/C29H24ClN3O/c30-24-15-9-12-22(18-24)20-33-27-17-8-7-16-25(27)31-28(33)26(19-21-10-3-1-4-11-21)32-29(34)23-13-5-2-6-14-23/h1-18,26H,19-20H2,(H,32,34). The largest absolute Gasteiger partial charge is 0.342 e. The molecule has 1 heterocycles. The third kappa shape index (κ3) is 4.87. The van der Waals surface area contributed by atoms with E-state index in [1.807, 2.05) is 84.9 Å². The summed E-state index contributed by atoms with van der Waals surface area (Å²) in [6.07, 6.45) is 0.623. The molecule has 0 aliphatic rings. The second kappa shape index (κ2) is 9.94. The van der Waals surface area contributed by atoms with Crippen LogP contribution < -0.4 is 5.32 Å². The quantitative estimate of drug-likeness (QED) is 0.300. The maximum Gasteiger partial charge on any atom is 0.251 e. The highest BCUT2D eigenvalue weighted by Crippen LogP contribution is 2.26. The summed E-state index contributed by atoms with van der Waals surface area (Å²) in [7, 11) is 0. The first kappa shape index (κ1) is 21.9. The molecule has 1 atom stereocenters. The number of hydrogen-bond acceptors (Lipinski definition) is 2. The summed E-state index contributed by atoms with van der Waals surface area (Å²) in [4.78, 5) is 18.2. The average molecular weight is 466 g/mol. The number of carbonyl (C=O) groups is 1. The zero-order valence-electron chi connectivity index (χ0n) is 18.6. The van der Waals surface area contributed by atoms with Crippen LogP contribution in [0.5, 0.6) is 0 Å². The number of imidazole rings is 1. The molecule has 1 amide bonds. The zero-order chi connectivity index (χ0) is 23.3. The van der Waals surface area contributed by atoms with Crippen LogP contribution in [0, 0.1) is 0 Å². The number of rotatable bonds is 7. The smallest absolute Gasteiger partial charge is 0.251 e. The number of hydrogen-bond donors (Lipinski definition) is 1. The summed E-state index contributed by atoms with van der Waals surface area (Å²) >= 11 is 6.27. The molecular weight excluding hydrogens is 442 g/mol. The van der Waals surface area contributed by atoms with Crippen molar-refractivity contribution in [2.75, 3.05) is 0 Å². The van der Waals surface area contributed by atoms with Crippen molar-refractivity contribution in [2.24, 2.45) is 0 Å². The summed E-state index contributed by atoms with van der Waals surface area (Å²) in [5, 5.41) is 3.94. The van der Waals surface area contributed by atoms with E-state index in [2.05, 4.69) is 34.1 Å². The van der Waals surface area contributed by atoms with Crippen molar-refractivity contribution < 1.29 is 4.79 Å². The van der Waals surface area contributed by atoms with Crippen molar-refractivity contribution in [3.8, 4) is 0 Å². The Labute approximate surface area is 203 Å². The maximum absolute atomic E-state index is 13.2. The zero-order valence-corrected chi connectivity index (χ0v) is 19.3. The molecule has 0 aliphatic carbocycles. The first-order valence-electron chi connectivity index (χ1n) is 11.3. The molecule has 168 valence electrons. The molecule has 0 radical (unpaired) electrons. The Morgan fingerprint density at radius 2 is 1.50 bits per heavy atom. The van der Waals surface area contributed by atoms with Gasteiger partial charge in [0.05, 0.1) is 17.1 Å². The van der Waals surface area contributed by atoms with Crippen LogP contribution in [0.15, 0.2) is 109 Å². The van der Waals surface area contributed by atoms with Crippen LogP contribution in [0.2, 0.25) is 5.02 Å². The Morgan fingerprint density at radius 3 is 2.26 bits per heavy atom. The van der Waals surface area contributed by atoms with Crippen molar-refractivity contribution in [3.63, 3.8) is 0 Å².